The van der Waals surface area contributed by atoms with Crippen molar-refractivity contribution in [3.63, 3.8) is 0 Å². The Morgan fingerprint density at radius 1 is 1.16 bits per heavy atom. The van der Waals surface area contributed by atoms with E-state index in [0.717, 1.165) is 10.6 Å². The Balaban J connectivity index is 1.83. The minimum atomic E-state index is -4.68. The van der Waals surface area contributed by atoms with E-state index in [4.69, 9.17) is 16.3 Å². The summed E-state index contributed by atoms with van der Waals surface area (Å²) >= 11 is 9.70. The van der Waals surface area contributed by atoms with Crippen molar-refractivity contribution >= 4 is 50.3 Å². The molecule has 0 saturated carbocycles. The standard InChI is InChI=1S/C25H25BrClF3N4O3/c1-14-13-32(23(36)37-24(2,3)4)9-10-33(14)21-15-11-18(27)17(26)12-20(15)34(22(35)31-21)19-8-6-5-7-16(19)25(28,29)30/h5-8,11-12,14H,9-10,13H2,1-4H3/t14-/m0/s1. The monoisotopic (exact) mass is 600 g/mol. The number of carbonyl (C=O) groups excluding carboxylic acids is 1. The third-order valence-corrected chi connectivity index (χ3v) is 7.11. The minimum Gasteiger partial charge on any atom is -0.444 e. The number of piperazine rings is 1. The number of nitrogens with zero attached hydrogens (tertiary/aromatic N) is 4. The van der Waals surface area contributed by atoms with Crippen molar-refractivity contribution in [3.8, 4) is 5.69 Å². The molecule has 0 radical (unpaired) electrons. The summed E-state index contributed by atoms with van der Waals surface area (Å²) in [6.07, 6.45) is -5.13. The third-order valence-electron chi connectivity index (χ3n) is 5.91. The van der Waals surface area contributed by atoms with E-state index in [1.807, 2.05) is 11.8 Å². The van der Waals surface area contributed by atoms with Gasteiger partial charge in [-0.25, -0.2) is 9.59 Å². The molecule has 7 nitrogen and oxygen atoms in total. The van der Waals surface area contributed by atoms with E-state index in [9.17, 15) is 22.8 Å². The summed E-state index contributed by atoms with van der Waals surface area (Å²) in [4.78, 5) is 33.6. The van der Waals surface area contributed by atoms with Crippen LogP contribution < -0.4 is 10.6 Å². The van der Waals surface area contributed by atoms with E-state index in [2.05, 4.69) is 20.9 Å². The summed E-state index contributed by atoms with van der Waals surface area (Å²) < 4.78 is 48.3. The molecule has 2 heterocycles. The summed E-state index contributed by atoms with van der Waals surface area (Å²) in [5, 5.41) is 0.715. The second-order valence-electron chi connectivity index (χ2n) is 9.82. The number of ether oxygens (including phenoxy) is 1. The summed E-state index contributed by atoms with van der Waals surface area (Å²) in [6.45, 7) is 8.18. The third kappa shape index (κ3) is 5.57. The first kappa shape index (κ1) is 27.3. The van der Waals surface area contributed by atoms with Crippen LogP contribution in [-0.2, 0) is 10.9 Å². The highest BCUT2D eigenvalue weighted by Crippen LogP contribution is 2.37. The zero-order valence-electron chi connectivity index (χ0n) is 20.6. The van der Waals surface area contributed by atoms with Gasteiger partial charge in [0.1, 0.15) is 11.4 Å². The van der Waals surface area contributed by atoms with E-state index in [-0.39, 0.29) is 23.1 Å². The molecular formula is C25H25BrClF3N4O3. The first-order valence-electron chi connectivity index (χ1n) is 11.5. The van der Waals surface area contributed by atoms with Crippen LogP contribution >= 0.6 is 27.5 Å². The van der Waals surface area contributed by atoms with Crippen LogP contribution in [0.25, 0.3) is 16.6 Å². The normalized spacial score (nSPS) is 16.8. The number of amides is 1. The van der Waals surface area contributed by atoms with Gasteiger partial charge in [-0.3, -0.25) is 4.57 Å². The quantitative estimate of drug-likeness (QED) is 0.347. The molecule has 1 amide bonds. The zero-order valence-corrected chi connectivity index (χ0v) is 22.9. The number of rotatable bonds is 2. The van der Waals surface area contributed by atoms with Crippen LogP contribution in [-0.4, -0.2) is 51.8 Å². The largest absolute Gasteiger partial charge is 0.444 e. The van der Waals surface area contributed by atoms with Gasteiger partial charge in [-0.15, -0.1) is 0 Å². The Kier molecular flexibility index (Phi) is 7.24. The fourth-order valence-electron chi connectivity index (χ4n) is 4.33. The molecular weight excluding hydrogens is 577 g/mol. The SMILES string of the molecule is C[C@H]1CN(C(=O)OC(C)(C)C)CCN1c1nc(=O)n(-c2ccccc2C(F)(F)F)c2cc(Br)c(Cl)cc12. The highest BCUT2D eigenvalue weighted by Gasteiger charge is 2.35. The lowest BCUT2D eigenvalue weighted by molar-refractivity contribution is -0.137. The number of carbonyl (C=O) groups is 1. The molecule has 1 aliphatic heterocycles. The van der Waals surface area contributed by atoms with Crippen molar-refractivity contribution in [2.24, 2.45) is 0 Å². The molecule has 1 saturated heterocycles. The fraction of sp³-hybridized carbons (Fsp3) is 0.400. The first-order chi connectivity index (χ1) is 17.2. The molecule has 0 N–H and O–H groups in total. The predicted molar refractivity (Wildman–Crippen MR) is 140 cm³/mol. The van der Waals surface area contributed by atoms with Crippen molar-refractivity contribution in [2.45, 2.75) is 45.5 Å². The minimum absolute atomic E-state index is 0.213. The van der Waals surface area contributed by atoms with Crippen LogP contribution in [0.4, 0.5) is 23.8 Å². The Bertz CT molecular complexity index is 1420. The topological polar surface area (TPSA) is 67.7 Å². The van der Waals surface area contributed by atoms with E-state index < -0.39 is 29.1 Å². The van der Waals surface area contributed by atoms with Crippen molar-refractivity contribution < 1.29 is 22.7 Å². The van der Waals surface area contributed by atoms with Crippen LogP contribution in [0.2, 0.25) is 5.02 Å². The van der Waals surface area contributed by atoms with E-state index >= 15 is 0 Å². The van der Waals surface area contributed by atoms with Gasteiger partial charge in [0, 0.05) is 35.5 Å². The molecule has 0 spiro atoms. The molecule has 0 aliphatic carbocycles. The molecule has 3 aromatic rings. The van der Waals surface area contributed by atoms with Gasteiger partial charge in [0.25, 0.3) is 0 Å². The Morgan fingerprint density at radius 3 is 2.46 bits per heavy atom. The number of halogens is 5. The van der Waals surface area contributed by atoms with Gasteiger partial charge in [-0.05, 0) is 67.9 Å². The molecule has 37 heavy (non-hydrogen) atoms. The summed E-state index contributed by atoms with van der Waals surface area (Å²) in [7, 11) is 0. The Hall–Kier alpha value is -2.79. The first-order valence-corrected chi connectivity index (χ1v) is 12.7. The smallest absolute Gasteiger partial charge is 0.418 e. The van der Waals surface area contributed by atoms with Gasteiger partial charge in [0.15, 0.2) is 0 Å². The zero-order chi connectivity index (χ0) is 27.3. The van der Waals surface area contributed by atoms with Crippen molar-refractivity contribution in [2.75, 3.05) is 24.5 Å². The lowest BCUT2D eigenvalue weighted by Crippen LogP contribution is -2.55. The van der Waals surface area contributed by atoms with Crippen molar-refractivity contribution in [3.05, 3.63) is 61.9 Å². The van der Waals surface area contributed by atoms with Crippen LogP contribution in [0.1, 0.15) is 33.3 Å². The maximum absolute atomic E-state index is 13.8. The van der Waals surface area contributed by atoms with Crippen LogP contribution in [0.5, 0.6) is 0 Å². The number of fused-ring (bicyclic) bond motifs is 1. The number of para-hydroxylation sites is 1. The Morgan fingerprint density at radius 2 is 1.84 bits per heavy atom. The van der Waals surface area contributed by atoms with Gasteiger partial charge in [-0.2, -0.15) is 18.2 Å². The molecule has 1 atom stereocenters. The van der Waals surface area contributed by atoms with Gasteiger partial charge < -0.3 is 14.5 Å². The average molecular weight is 602 g/mol. The summed E-state index contributed by atoms with van der Waals surface area (Å²) in [5.74, 6) is 0.284. The number of hydrogen-bond acceptors (Lipinski definition) is 5. The lowest BCUT2D eigenvalue weighted by Gasteiger charge is -2.41. The number of hydrogen-bond donors (Lipinski definition) is 0. The summed E-state index contributed by atoms with van der Waals surface area (Å²) in [5.41, 5.74) is -2.59. The maximum atomic E-state index is 13.8. The van der Waals surface area contributed by atoms with Crippen LogP contribution in [0, 0.1) is 0 Å². The number of benzene rings is 2. The second-order valence-corrected chi connectivity index (χ2v) is 11.1. The second kappa shape index (κ2) is 9.83. The predicted octanol–water partition coefficient (Wildman–Crippen LogP) is 6.27. The van der Waals surface area contributed by atoms with Crippen LogP contribution in [0.3, 0.4) is 0 Å². The lowest BCUT2D eigenvalue weighted by atomic mass is 10.1. The van der Waals surface area contributed by atoms with E-state index in [0.29, 0.717) is 34.5 Å². The molecule has 0 unspecified atom stereocenters. The molecule has 198 valence electrons. The average Bonchev–Trinajstić information content (AvgIpc) is 2.78. The van der Waals surface area contributed by atoms with Crippen molar-refractivity contribution in [1.29, 1.82) is 0 Å². The van der Waals surface area contributed by atoms with Crippen molar-refractivity contribution in [1.82, 2.24) is 14.5 Å². The molecule has 0 bridgehead atoms. The highest BCUT2D eigenvalue weighted by atomic mass is 79.9. The molecule has 1 aliphatic rings. The highest BCUT2D eigenvalue weighted by molar-refractivity contribution is 9.10. The molecule has 1 aromatic heterocycles. The number of aromatic nitrogens is 2. The molecule has 12 heteroatoms. The Labute approximate surface area is 224 Å². The molecule has 4 rings (SSSR count). The van der Waals surface area contributed by atoms with E-state index in [1.54, 1.807) is 31.7 Å². The molecule has 2 aromatic carbocycles. The van der Waals surface area contributed by atoms with Gasteiger partial charge in [0.05, 0.1) is 21.8 Å². The number of anilines is 1. The molecule has 1 fully saturated rings. The fourth-order valence-corrected chi connectivity index (χ4v) is 4.82. The van der Waals surface area contributed by atoms with Crippen LogP contribution in [0.15, 0.2) is 45.7 Å². The van der Waals surface area contributed by atoms with Gasteiger partial charge in [-0.1, -0.05) is 23.7 Å². The summed E-state index contributed by atoms with van der Waals surface area (Å²) in [6, 6.07) is 7.67. The van der Waals surface area contributed by atoms with E-state index in [1.165, 1.54) is 24.3 Å². The van der Waals surface area contributed by atoms with Gasteiger partial charge >= 0.3 is 18.0 Å². The van der Waals surface area contributed by atoms with Gasteiger partial charge in [0.2, 0.25) is 0 Å². The number of alkyl halides is 3. The maximum Gasteiger partial charge on any atom is 0.418 e.